The molecule has 4 heteroatoms. The molecule has 90 valence electrons. The first-order valence-corrected chi connectivity index (χ1v) is 5.60. The van der Waals surface area contributed by atoms with Crippen molar-refractivity contribution in [3.8, 4) is 11.3 Å². The number of halogens is 1. The standard InChI is InChI=1S/C13H15FN2O/c1-10(14)8-15-9-11-2-4-12(5-3-11)13-6-7-17-16-13/h2-7,10,15H,8-9H2,1H3. The SMILES string of the molecule is CC(F)CNCc1ccc(-c2ccon2)cc1. The minimum atomic E-state index is -0.815. The van der Waals surface area contributed by atoms with Gasteiger partial charge in [-0.2, -0.15) is 0 Å². The van der Waals surface area contributed by atoms with Gasteiger partial charge in [0.2, 0.25) is 0 Å². The zero-order chi connectivity index (χ0) is 12.1. The van der Waals surface area contributed by atoms with Crippen LogP contribution < -0.4 is 5.32 Å². The van der Waals surface area contributed by atoms with E-state index in [-0.39, 0.29) is 0 Å². The Morgan fingerprint density at radius 3 is 2.65 bits per heavy atom. The van der Waals surface area contributed by atoms with Gasteiger partial charge < -0.3 is 9.84 Å². The van der Waals surface area contributed by atoms with E-state index in [0.29, 0.717) is 13.1 Å². The summed E-state index contributed by atoms with van der Waals surface area (Å²) in [4.78, 5) is 0. The Balaban J connectivity index is 1.94. The number of nitrogens with zero attached hydrogens (tertiary/aromatic N) is 1. The van der Waals surface area contributed by atoms with Gasteiger partial charge in [-0.1, -0.05) is 29.4 Å². The molecular formula is C13H15FN2O. The second-order valence-corrected chi connectivity index (χ2v) is 3.99. The van der Waals surface area contributed by atoms with Crippen molar-refractivity contribution in [3.63, 3.8) is 0 Å². The van der Waals surface area contributed by atoms with Crippen molar-refractivity contribution in [1.82, 2.24) is 10.5 Å². The lowest BCUT2D eigenvalue weighted by Crippen LogP contribution is -2.21. The molecule has 17 heavy (non-hydrogen) atoms. The summed E-state index contributed by atoms with van der Waals surface area (Å²) < 4.78 is 17.4. The van der Waals surface area contributed by atoms with E-state index in [1.807, 2.05) is 30.3 Å². The largest absolute Gasteiger partial charge is 0.364 e. The summed E-state index contributed by atoms with van der Waals surface area (Å²) in [5, 5.41) is 6.91. The molecule has 0 bridgehead atoms. The Morgan fingerprint density at radius 1 is 1.29 bits per heavy atom. The van der Waals surface area contributed by atoms with Crippen molar-refractivity contribution in [2.75, 3.05) is 6.54 Å². The summed E-state index contributed by atoms with van der Waals surface area (Å²) in [6, 6.07) is 9.78. The second-order valence-electron chi connectivity index (χ2n) is 3.99. The minimum Gasteiger partial charge on any atom is -0.364 e. The van der Waals surface area contributed by atoms with E-state index < -0.39 is 6.17 Å². The number of aromatic nitrogens is 1. The first-order valence-electron chi connectivity index (χ1n) is 5.60. The summed E-state index contributed by atoms with van der Waals surface area (Å²) in [5.41, 5.74) is 2.96. The van der Waals surface area contributed by atoms with Crippen LogP contribution in [0.2, 0.25) is 0 Å². The number of alkyl halides is 1. The quantitative estimate of drug-likeness (QED) is 0.864. The average Bonchev–Trinajstić information content (AvgIpc) is 2.83. The van der Waals surface area contributed by atoms with Crippen molar-refractivity contribution in [1.29, 1.82) is 0 Å². The second kappa shape index (κ2) is 5.59. The topological polar surface area (TPSA) is 38.1 Å². The molecule has 1 N–H and O–H groups in total. The molecule has 2 rings (SSSR count). The zero-order valence-electron chi connectivity index (χ0n) is 9.69. The van der Waals surface area contributed by atoms with Gasteiger partial charge >= 0.3 is 0 Å². The molecular weight excluding hydrogens is 219 g/mol. The lowest BCUT2D eigenvalue weighted by molar-refractivity contribution is 0.344. The predicted octanol–water partition coefficient (Wildman–Crippen LogP) is 2.79. The van der Waals surface area contributed by atoms with Crippen LogP contribution in [0.1, 0.15) is 12.5 Å². The number of hydrogen-bond acceptors (Lipinski definition) is 3. The summed E-state index contributed by atoms with van der Waals surface area (Å²) in [5.74, 6) is 0. The highest BCUT2D eigenvalue weighted by Gasteiger charge is 2.01. The van der Waals surface area contributed by atoms with E-state index in [4.69, 9.17) is 4.52 Å². The van der Waals surface area contributed by atoms with E-state index in [1.165, 1.54) is 0 Å². The third-order valence-electron chi connectivity index (χ3n) is 2.44. The van der Waals surface area contributed by atoms with Gasteiger partial charge in [0.05, 0.1) is 0 Å². The molecule has 1 aromatic carbocycles. The molecule has 3 nitrogen and oxygen atoms in total. The van der Waals surface area contributed by atoms with Crippen LogP contribution in [-0.2, 0) is 6.54 Å². The van der Waals surface area contributed by atoms with Crippen molar-refractivity contribution in [2.24, 2.45) is 0 Å². The monoisotopic (exact) mass is 234 g/mol. The van der Waals surface area contributed by atoms with Gasteiger partial charge in [-0.05, 0) is 12.5 Å². The maximum absolute atomic E-state index is 12.6. The zero-order valence-corrected chi connectivity index (χ0v) is 9.69. The third kappa shape index (κ3) is 3.39. The molecule has 2 aromatic rings. The lowest BCUT2D eigenvalue weighted by atomic mass is 10.1. The van der Waals surface area contributed by atoms with Gasteiger partial charge in [-0.3, -0.25) is 0 Å². The van der Waals surface area contributed by atoms with Gasteiger partial charge in [-0.25, -0.2) is 4.39 Å². The van der Waals surface area contributed by atoms with Crippen LogP contribution in [0.15, 0.2) is 41.1 Å². The average molecular weight is 234 g/mol. The summed E-state index contributed by atoms with van der Waals surface area (Å²) in [7, 11) is 0. The van der Waals surface area contributed by atoms with Crippen LogP contribution in [0.4, 0.5) is 4.39 Å². The maximum Gasteiger partial charge on any atom is 0.124 e. The molecule has 0 fully saturated rings. The first kappa shape index (κ1) is 11.8. The highest BCUT2D eigenvalue weighted by Crippen LogP contribution is 2.17. The number of nitrogens with one attached hydrogen (secondary N) is 1. The van der Waals surface area contributed by atoms with Crippen LogP contribution in [-0.4, -0.2) is 17.9 Å². The van der Waals surface area contributed by atoms with E-state index in [9.17, 15) is 4.39 Å². The number of benzene rings is 1. The normalized spacial score (nSPS) is 12.6. The van der Waals surface area contributed by atoms with Gasteiger partial charge in [0.25, 0.3) is 0 Å². The fraction of sp³-hybridized carbons (Fsp3) is 0.308. The van der Waals surface area contributed by atoms with Crippen molar-refractivity contribution in [2.45, 2.75) is 19.6 Å². The van der Waals surface area contributed by atoms with Crippen LogP contribution >= 0.6 is 0 Å². The van der Waals surface area contributed by atoms with Crippen molar-refractivity contribution >= 4 is 0 Å². The summed E-state index contributed by atoms with van der Waals surface area (Å²) >= 11 is 0. The van der Waals surface area contributed by atoms with Gasteiger partial charge in [-0.15, -0.1) is 0 Å². The Labute approximate surface area is 99.6 Å². The van der Waals surface area contributed by atoms with Crippen LogP contribution in [0, 0.1) is 0 Å². The lowest BCUT2D eigenvalue weighted by Gasteiger charge is -2.05. The molecule has 0 spiro atoms. The highest BCUT2D eigenvalue weighted by atomic mass is 19.1. The Morgan fingerprint density at radius 2 is 2.06 bits per heavy atom. The van der Waals surface area contributed by atoms with Gasteiger partial charge in [0, 0.05) is 24.7 Å². The maximum atomic E-state index is 12.6. The van der Waals surface area contributed by atoms with Crippen LogP contribution in [0.3, 0.4) is 0 Å². The molecule has 0 aliphatic rings. The Bertz CT molecular complexity index is 437. The smallest absolute Gasteiger partial charge is 0.124 e. The van der Waals surface area contributed by atoms with E-state index in [0.717, 1.165) is 16.8 Å². The fourth-order valence-corrected chi connectivity index (χ4v) is 1.57. The van der Waals surface area contributed by atoms with Crippen molar-refractivity contribution < 1.29 is 8.91 Å². The fourth-order valence-electron chi connectivity index (χ4n) is 1.57. The molecule has 0 saturated heterocycles. The summed E-state index contributed by atoms with van der Waals surface area (Å²) in [6.45, 7) is 2.60. The molecule has 1 atom stereocenters. The highest BCUT2D eigenvalue weighted by molar-refractivity contribution is 5.58. The van der Waals surface area contributed by atoms with Gasteiger partial charge in [0.15, 0.2) is 0 Å². The van der Waals surface area contributed by atoms with Crippen molar-refractivity contribution in [3.05, 3.63) is 42.2 Å². The van der Waals surface area contributed by atoms with E-state index in [2.05, 4.69) is 10.5 Å². The Kier molecular flexibility index (Phi) is 3.88. The molecule has 0 radical (unpaired) electrons. The molecule has 1 heterocycles. The molecule has 1 aromatic heterocycles. The number of hydrogen-bond donors (Lipinski definition) is 1. The minimum absolute atomic E-state index is 0.380. The number of rotatable bonds is 5. The van der Waals surface area contributed by atoms with Gasteiger partial charge in [0.1, 0.15) is 18.1 Å². The molecule has 0 amide bonds. The van der Waals surface area contributed by atoms with E-state index >= 15 is 0 Å². The van der Waals surface area contributed by atoms with E-state index in [1.54, 1.807) is 13.2 Å². The summed E-state index contributed by atoms with van der Waals surface area (Å²) in [6.07, 6.45) is 0.734. The first-order chi connectivity index (χ1) is 8.25. The van der Waals surface area contributed by atoms with Crippen LogP contribution in [0.25, 0.3) is 11.3 Å². The predicted molar refractivity (Wildman–Crippen MR) is 64.2 cm³/mol. The molecule has 0 aliphatic heterocycles. The van der Waals surface area contributed by atoms with Crippen LogP contribution in [0.5, 0.6) is 0 Å². The molecule has 0 saturated carbocycles. The molecule has 1 unspecified atom stereocenters. The Hall–Kier alpha value is -1.68. The molecule has 0 aliphatic carbocycles. The third-order valence-corrected chi connectivity index (χ3v) is 2.44.